The van der Waals surface area contributed by atoms with Crippen LogP contribution in [0.15, 0.2) is 12.7 Å². The van der Waals surface area contributed by atoms with Gasteiger partial charge in [0.1, 0.15) is 0 Å². The molecule has 7 nitrogen and oxygen atoms in total. The zero-order chi connectivity index (χ0) is 16.4. The molecule has 0 atom stereocenters. The van der Waals surface area contributed by atoms with E-state index in [0.29, 0.717) is 26.2 Å². The molecule has 0 radical (unpaired) electrons. The van der Waals surface area contributed by atoms with Crippen LogP contribution >= 0.6 is 0 Å². The normalized spacial score (nSPS) is 15.9. The van der Waals surface area contributed by atoms with E-state index in [9.17, 15) is 14.4 Å². The number of carbonyl (C=O) groups is 3. The zero-order valence-electron chi connectivity index (χ0n) is 13.2. The van der Waals surface area contributed by atoms with E-state index in [0.717, 1.165) is 19.3 Å². The van der Waals surface area contributed by atoms with Crippen LogP contribution in [0.5, 0.6) is 0 Å². The van der Waals surface area contributed by atoms with Crippen molar-refractivity contribution < 1.29 is 14.4 Å². The zero-order valence-corrected chi connectivity index (χ0v) is 13.2. The van der Waals surface area contributed by atoms with Crippen LogP contribution in [0, 0.1) is 5.92 Å². The van der Waals surface area contributed by atoms with Crippen LogP contribution in [-0.4, -0.2) is 55.5 Å². The van der Waals surface area contributed by atoms with Gasteiger partial charge < -0.3 is 10.6 Å². The first-order valence-electron chi connectivity index (χ1n) is 7.75. The molecule has 1 aliphatic heterocycles. The lowest BCUT2D eigenvalue weighted by atomic mass is 9.96. The van der Waals surface area contributed by atoms with E-state index in [2.05, 4.69) is 22.5 Å². The molecule has 0 saturated carbocycles. The summed E-state index contributed by atoms with van der Waals surface area (Å²) in [5.74, 6) is -0.202. The van der Waals surface area contributed by atoms with E-state index in [1.165, 1.54) is 0 Å². The molecule has 1 saturated heterocycles. The third-order valence-corrected chi connectivity index (χ3v) is 3.53. The topological polar surface area (TPSA) is 90.5 Å². The average Bonchev–Trinajstić information content (AvgIpc) is 2.51. The first-order valence-corrected chi connectivity index (χ1v) is 7.75. The highest BCUT2D eigenvalue weighted by molar-refractivity contribution is 5.95. The summed E-state index contributed by atoms with van der Waals surface area (Å²) in [4.78, 5) is 36.9. The summed E-state index contributed by atoms with van der Waals surface area (Å²) in [6, 6.07) is -0.515. The molecule has 0 unspecified atom stereocenters. The fourth-order valence-corrected chi connectivity index (χ4v) is 2.32. The number of likely N-dealkylation sites (tertiary alicyclic amines) is 1. The number of carbonyl (C=O) groups excluding carboxylic acids is 3. The first kappa shape index (κ1) is 18.2. The van der Waals surface area contributed by atoms with E-state index >= 15 is 0 Å². The van der Waals surface area contributed by atoms with E-state index in [1.807, 2.05) is 11.8 Å². The van der Waals surface area contributed by atoms with Crippen LogP contribution < -0.4 is 16.0 Å². The van der Waals surface area contributed by atoms with Gasteiger partial charge in [-0.05, 0) is 32.4 Å². The van der Waals surface area contributed by atoms with Crippen LogP contribution in [0.4, 0.5) is 4.79 Å². The smallest absolute Gasteiger partial charge is 0.321 e. The molecule has 0 aromatic heterocycles. The second kappa shape index (κ2) is 9.94. The molecule has 4 amide bonds. The lowest BCUT2D eigenvalue weighted by molar-refractivity contribution is -0.126. The van der Waals surface area contributed by atoms with Gasteiger partial charge in [0.05, 0.1) is 6.54 Å². The van der Waals surface area contributed by atoms with Crippen molar-refractivity contribution in [1.82, 2.24) is 20.9 Å². The summed E-state index contributed by atoms with van der Waals surface area (Å²) in [7, 11) is 0. The minimum Gasteiger partial charge on any atom is -0.356 e. The maximum absolute atomic E-state index is 11.9. The number of urea groups is 1. The Labute approximate surface area is 131 Å². The van der Waals surface area contributed by atoms with Gasteiger partial charge in [-0.15, -0.1) is 6.58 Å². The van der Waals surface area contributed by atoms with Crippen molar-refractivity contribution in [1.29, 1.82) is 0 Å². The molecule has 0 aromatic carbocycles. The van der Waals surface area contributed by atoms with Gasteiger partial charge in [-0.1, -0.05) is 13.0 Å². The van der Waals surface area contributed by atoms with Gasteiger partial charge in [-0.3, -0.25) is 19.8 Å². The van der Waals surface area contributed by atoms with Crippen molar-refractivity contribution in [3.63, 3.8) is 0 Å². The fourth-order valence-electron chi connectivity index (χ4n) is 2.32. The number of imide groups is 1. The largest absolute Gasteiger partial charge is 0.356 e. The van der Waals surface area contributed by atoms with E-state index in [-0.39, 0.29) is 24.3 Å². The molecule has 3 N–H and O–H groups in total. The molecule has 22 heavy (non-hydrogen) atoms. The summed E-state index contributed by atoms with van der Waals surface area (Å²) in [6.45, 7) is 8.07. The summed E-state index contributed by atoms with van der Waals surface area (Å²) in [5.41, 5.74) is 0. The Balaban J connectivity index is 2.24. The van der Waals surface area contributed by atoms with Gasteiger partial charge in [-0.2, -0.15) is 0 Å². The molecule has 1 rings (SSSR count). The van der Waals surface area contributed by atoms with Crippen molar-refractivity contribution in [2.45, 2.75) is 26.2 Å². The third-order valence-electron chi connectivity index (χ3n) is 3.53. The molecule has 0 bridgehead atoms. The SMILES string of the molecule is C=CCNC(=O)NC(=O)CN1CCC(C(=O)NCCC)CC1. The third kappa shape index (κ3) is 6.71. The Morgan fingerprint density at radius 1 is 1.23 bits per heavy atom. The highest BCUT2D eigenvalue weighted by Crippen LogP contribution is 2.16. The van der Waals surface area contributed by atoms with Crippen LogP contribution in [0.1, 0.15) is 26.2 Å². The average molecular weight is 310 g/mol. The molecule has 124 valence electrons. The first-order chi connectivity index (χ1) is 10.6. The van der Waals surface area contributed by atoms with Gasteiger partial charge in [0.25, 0.3) is 0 Å². The standard InChI is InChI=1S/C15H26N4O3/c1-3-7-16-14(21)12-5-9-19(10-6-12)11-13(20)18-15(22)17-8-4-2/h4,12H,2-3,5-11H2,1H3,(H,16,21)(H2,17,18,20,22). The minimum atomic E-state index is -0.515. The number of nitrogens with zero attached hydrogens (tertiary/aromatic N) is 1. The monoisotopic (exact) mass is 310 g/mol. The van der Waals surface area contributed by atoms with Crippen molar-refractivity contribution in [3.8, 4) is 0 Å². The minimum absolute atomic E-state index is 0.0294. The van der Waals surface area contributed by atoms with Crippen LogP contribution in [-0.2, 0) is 9.59 Å². The van der Waals surface area contributed by atoms with Crippen molar-refractivity contribution in [2.75, 3.05) is 32.7 Å². The molecular weight excluding hydrogens is 284 g/mol. The lowest BCUT2D eigenvalue weighted by Gasteiger charge is -2.30. The second-order valence-corrected chi connectivity index (χ2v) is 5.39. The van der Waals surface area contributed by atoms with Gasteiger partial charge in [0.2, 0.25) is 11.8 Å². The Bertz CT molecular complexity index is 404. The molecule has 0 aromatic rings. The molecule has 7 heteroatoms. The van der Waals surface area contributed by atoms with Gasteiger partial charge in [-0.25, -0.2) is 4.79 Å². The Kier molecular flexibility index (Phi) is 8.21. The fraction of sp³-hybridized carbons (Fsp3) is 0.667. The van der Waals surface area contributed by atoms with Gasteiger partial charge in [0.15, 0.2) is 0 Å². The molecular formula is C15H26N4O3. The number of nitrogens with one attached hydrogen (secondary N) is 3. The Hall–Kier alpha value is -1.89. The lowest BCUT2D eigenvalue weighted by Crippen LogP contribution is -2.47. The number of piperidine rings is 1. The highest BCUT2D eigenvalue weighted by atomic mass is 16.2. The van der Waals surface area contributed by atoms with E-state index in [1.54, 1.807) is 6.08 Å². The highest BCUT2D eigenvalue weighted by Gasteiger charge is 2.25. The molecule has 0 aliphatic carbocycles. The molecule has 1 aliphatic rings. The van der Waals surface area contributed by atoms with Crippen molar-refractivity contribution in [3.05, 3.63) is 12.7 Å². The van der Waals surface area contributed by atoms with Crippen LogP contribution in [0.25, 0.3) is 0 Å². The van der Waals surface area contributed by atoms with E-state index in [4.69, 9.17) is 0 Å². The molecule has 1 fully saturated rings. The predicted octanol–water partition coefficient (Wildman–Crippen LogP) is 0.236. The number of hydrogen-bond donors (Lipinski definition) is 3. The maximum Gasteiger partial charge on any atom is 0.321 e. The molecule has 1 heterocycles. The Morgan fingerprint density at radius 3 is 2.50 bits per heavy atom. The summed E-state index contributed by atoms with van der Waals surface area (Å²) >= 11 is 0. The van der Waals surface area contributed by atoms with Crippen molar-refractivity contribution in [2.24, 2.45) is 5.92 Å². The predicted molar refractivity (Wildman–Crippen MR) is 84.2 cm³/mol. The number of amides is 4. The summed E-state index contributed by atoms with van der Waals surface area (Å²) < 4.78 is 0. The Morgan fingerprint density at radius 2 is 1.91 bits per heavy atom. The molecule has 0 spiro atoms. The van der Waals surface area contributed by atoms with Crippen LogP contribution in [0.2, 0.25) is 0 Å². The number of hydrogen-bond acceptors (Lipinski definition) is 4. The number of rotatable bonds is 7. The van der Waals surface area contributed by atoms with E-state index < -0.39 is 6.03 Å². The van der Waals surface area contributed by atoms with Crippen molar-refractivity contribution >= 4 is 17.8 Å². The van der Waals surface area contributed by atoms with Gasteiger partial charge >= 0.3 is 6.03 Å². The van der Waals surface area contributed by atoms with Crippen LogP contribution in [0.3, 0.4) is 0 Å². The van der Waals surface area contributed by atoms with Gasteiger partial charge in [0, 0.05) is 19.0 Å². The quantitative estimate of drug-likeness (QED) is 0.587. The second-order valence-electron chi connectivity index (χ2n) is 5.39. The maximum atomic E-state index is 11.9. The summed E-state index contributed by atoms with van der Waals surface area (Å²) in [6.07, 6.45) is 3.95. The summed E-state index contributed by atoms with van der Waals surface area (Å²) in [5, 5.41) is 7.65.